The van der Waals surface area contributed by atoms with Crippen LogP contribution in [0.25, 0.3) is 0 Å². The fourth-order valence-corrected chi connectivity index (χ4v) is 2.41. The molecule has 2 fully saturated rings. The maximum Gasteiger partial charge on any atom is 0.237 e. The van der Waals surface area contributed by atoms with E-state index in [1.807, 2.05) is 0 Å². The van der Waals surface area contributed by atoms with E-state index >= 15 is 0 Å². The molecule has 1 aliphatic heterocycles. The highest BCUT2D eigenvalue weighted by atomic mass is 35.5. The van der Waals surface area contributed by atoms with Crippen LogP contribution in [0.1, 0.15) is 39.0 Å². The number of rotatable bonds is 3. The quantitative estimate of drug-likeness (QED) is 0.774. The van der Waals surface area contributed by atoms with E-state index in [-0.39, 0.29) is 24.4 Å². The molecular weight excluding hydrogens is 212 g/mol. The third kappa shape index (κ3) is 3.08. The smallest absolute Gasteiger partial charge is 0.237 e. The molecule has 4 heteroatoms. The monoisotopic (exact) mass is 232 g/mol. The zero-order chi connectivity index (χ0) is 9.97. The van der Waals surface area contributed by atoms with Gasteiger partial charge in [0.05, 0.1) is 6.04 Å². The molecule has 2 atom stereocenters. The van der Waals surface area contributed by atoms with Gasteiger partial charge in [0.15, 0.2) is 0 Å². The van der Waals surface area contributed by atoms with E-state index in [1.54, 1.807) is 0 Å². The molecule has 2 rings (SSSR count). The summed E-state index contributed by atoms with van der Waals surface area (Å²) in [5, 5.41) is 6.25. The first-order valence-electron chi connectivity index (χ1n) is 5.81. The Hall–Kier alpha value is -0.280. The van der Waals surface area contributed by atoms with Gasteiger partial charge in [-0.25, -0.2) is 0 Å². The van der Waals surface area contributed by atoms with Gasteiger partial charge in [0.25, 0.3) is 0 Å². The Morgan fingerprint density at radius 2 is 1.93 bits per heavy atom. The van der Waals surface area contributed by atoms with Crippen LogP contribution >= 0.6 is 12.4 Å². The normalized spacial score (nSPS) is 27.7. The standard InChI is InChI=1S/C11H20N2O.ClH/c1-8(9-4-2-3-5-9)13-11(14)10-6-7-12-10;/h8-10,12H,2-7H2,1H3,(H,13,14);1H/t8?,10-;/m1./s1. The zero-order valence-corrected chi connectivity index (χ0v) is 10.1. The lowest BCUT2D eigenvalue weighted by molar-refractivity contribution is -0.125. The predicted molar refractivity (Wildman–Crippen MR) is 63.2 cm³/mol. The van der Waals surface area contributed by atoms with Crippen molar-refractivity contribution >= 4 is 18.3 Å². The van der Waals surface area contributed by atoms with Gasteiger partial charge in [-0.3, -0.25) is 4.79 Å². The van der Waals surface area contributed by atoms with E-state index in [9.17, 15) is 4.79 Å². The summed E-state index contributed by atoms with van der Waals surface area (Å²) in [6.07, 6.45) is 6.27. The number of hydrogen-bond acceptors (Lipinski definition) is 2. The summed E-state index contributed by atoms with van der Waals surface area (Å²) in [5.74, 6) is 0.926. The first kappa shape index (κ1) is 12.8. The molecule has 1 amide bonds. The Labute approximate surface area is 97.8 Å². The molecule has 0 spiro atoms. The van der Waals surface area contributed by atoms with Gasteiger partial charge in [0.1, 0.15) is 0 Å². The average Bonchev–Trinajstić information content (AvgIpc) is 2.51. The van der Waals surface area contributed by atoms with Gasteiger partial charge in [0, 0.05) is 6.04 Å². The van der Waals surface area contributed by atoms with Crippen LogP contribution < -0.4 is 10.6 Å². The lowest BCUT2D eigenvalue weighted by atomic mass is 9.98. The minimum absolute atomic E-state index is 0. The molecule has 2 aliphatic rings. The molecule has 0 aromatic rings. The Morgan fingerprint density at radius 3 is 2.40 bits per heavy atom. The Balaban J connectivity index is 0.00000112. The van der Waals surface area contributed by atoms with E-state index < -0.39 is 0 Å². The van der Waals surface area contributed by atoms with Crippen LogP contribution in [0.2, 0.25) is 0 Å². The summed E-state index contributed by atoms with van der Waals surface area (Å²) in [5.41, 5.74) is 0. The van der Waals surface area contributed by atoms with Crippen molar-refractivity contribution in [1.82, 2.24) is 10.6 Å². The summed E-state index contributed by atoms with van der Waals surface area (Å²) in [7, 11) is 0. The molecule has 1 unspecified atom stereocenters. The van der Waals surface area contributed by atoms with Gasteiger partial charge in [-0.15, -0.1) is 12.4 Å². The Morgan fingerprint density at radius 1 is 1.33 bits per heavy atom. The summed E-state index contributed by atoms with van der Waals surface area (Å²) < 4.78 is 0. The molecule has 1 saturated carbocycles. The number of amides is 1. The van der Waals surface area contributed by atoms with E-state index in [1.165, 1.54) is 25.7 Å². The van der Waals surface area contributed by atoms with Crippen molar-refractivity contribution in [3.8, 4) is 0 Å². The summed E-state index contributed by atoms with van der Waals surface area (Å²) >= 11 is 0. The van der Waals surface area contributed by atoms with Crippen molar-refractivity contribution in [2.24, 2.45) is 5.92 Å². The highest BCUT2D eigenvalue weighted by Crippen LogP contribution is 2.27. The van der Waals surface area contributed by atoms with E-state index in [0.717, 1.165) is 18.9 Å². The highest BCUT2D eigenvalue weighted by molar-refractivity contribution is 5.85. The van der Waals surface area contributed by atoms with Gasteiger partial charge in [-0.05, 0) is 38.6 Å². The van der Waals surface area contributed by atoms with Crippen molar-refractivity contribution in [2.75, 3.05) is 6.54 Å². The van der Waals surface area contributed by atoms with Crippen molar-refractivity contribution in [3.63, 3.8) is 0 Å². The zero-order valence-electron chi connectivity index (χ0n) is 9.29. The van der Waals surface area contributed by atoms with Crippen molar-refractivity contribution in [3.05, 3.63) is 0 Å². The van der Waals surface area contributed by atoms with Crippen LogP contribution in [0.3, 0.4) is 0 Å². The molecule has 2 N–H and O–H groups in total. The largest absolute Gasteiger partial charge is 0.352 e. The van der Waals surface area contributed by atoms with Crippen molar-refractivity contribution in [1.29, 1.82) is 0 Å². The predicted octanol–water partition coefficient (Wildman–Crippen LogP) is 1.46. The maximum atomic E-state index is 11.6. The van der Waals surface area contributed by atoms with Gasteiger partial charge < -0.3 is 10.6 Å². The minimum Gasteiger partial charge on any atom is -0.352 e. The first-order chi connectivity index (χ1) is 6.77. The Bertz CT molecular complexity index is 213. The molecule has 0 aromatic heterocycles. The van der Waals surface area contributed by atoms with Gasteiger partial charge in [-0.1, -0.05) is 12.8 Å². The van der Waals surface area contributed by atoms with Gasteiger partial charge in [0.2, 0.25) is 5.91 Å². The lowest BCUT2D eigenvalue weighted by Gasteiger charge is -2.29. The summed E-state index contributed by atoms with van der Waals surface area (Å²) in [6, 6.07) is 0.464. The number of carbonyl (C=O) groups is 1. The van der Waals surface area contributed by atoms with Crippen LogP contribution in [0.4, 0.5) is 0 Å². The van der Waals surface area contributed by atoms with Crippen LogP contribution in [-0.4, -0.2) is 24.5 Å². The fourth-order valence-electron chi connectivity index (χ4n) is 2.41. The van der Waals surface area contributed by atoms with Crippen LogP contribution in [0.5, 0.6) is 0 Å². The van der Waals surface area contributed by atoms with Gasteiger partial charge in [-0.2, -0.15) is 0 Å². The molecule has 0 bridgehead atoms. The molecule has 1 heterocycles. The third-order valence-corrected chi connectivity index (χ3v) is 3.62. The molecule has 15 heavy (non-hydrogen) atoms. The second-order valence-corrected chi connectivity index (χ2v) is 4.64. The fraction of sp³-hybridized carbons (Fsp3) is 0.909. The van der Waals surface area contributed by atoms with Crippen LogP contribution in [0, 0.1) is 5.92 Å². The number of hydrogen-bond donors (Lipinski definition) is 2. The summed E-state index contributed by atoms with van der Waals surface area (Å²) in [6.45, 7) is 3.14. The molecular formula is C11H21ClN2O. The minimum atomic E-state index is 0. The second kappa shape index (κ2) is 5.71. The third-order valence-electron chi connectivity index (χ3n) is 3.62. The maximum absolute atomic E-state index is 11.6. The number of carbonyl (C=O) groups excluding carboxylic acids is 1. The van der Waals surface area contributed by atoms with Crippen molar-refractivity contribution < 1.29 is 4.79 Å². The molecule has 0 radical (unpaired) electrons. The first-order valence-corrected chi connectivity index (χ1v) is 5.81. The highest BCUT2D eigenvalue weighted by Gasteiger charge is 2.28. The van der Waals surface area contributed by atoms with E-state index in [0.29, 0.717) is 6.04 Å². The SMILES string of the molecule is CC(NC(=O)[C@H]1CCN1)C1CCCC1.Cl. The van der Waals surface area contributed by atoms with E-state index in [4.69, 9.17) is 0 Å². The molecule has 88 valence electrons. The molecule has 0 aromatic carbocycles. The van der Waals surface area contributed by atoms with Gasteiger partial charge >= 0.3 is 0 Å². The van der Waals surface area contributed by atoms with Crippen LogP contribution in [0.15, 0.2) is 0 Å². The second-order valence-electron chi connectivity index (χ2n) is 4.64. The molecule has 1 saturated heterocycles. The van der Waals surface area contributed by atoms with Crippen LogP contribution in [-0.2, 0) is 4.79 Å². The lowest BCUT2D eigenvalue weighted by Crippen LogP contribution is -2.55. The van der Waals surface area contributed by atoms with Crippen molar-refractivity contribution in [2.45, 2.75) is 51.1 Å². The van der Waals surface area contributed by atoms with E-state index in [2.05, 4.69) is 17.6 Å². The Kier molecular flexibility index (Phi) is 4.87. The molecule has 1 aliphatic carbocycles. The number of nitrogens with one attached hydrogen (secondary N) is 2. The average molecular weight is 233 g/mol. The summed E-state index contributed by atoms with van der Waals surface area (Å²) in [4.78, 5) is 11.6. The topological polar surface area (TPSA) is 41.1 Å². The molecule has 3 nitrogen and oxygen atoms in total. The number of halogens is 1.